The normalized spacial score (nSPS) is 19.6. The maximum absolute atomic E-state index is 2.45. The molecule has 25 heavy (non-hydrogen) atoms. The highest BCUT2D eigenvalue weighted by atomic mass is 127. The van der Waals surface area contributed by atoms with Crippen molar-refractivity contribution in [3.05, 3.63) is 83.6 Å². The van der Waals surface area contributed by atoms with Crippen LogP contribution in [-0.4, -0.2) is 3.97 Å². The zero-order chi connectivity index (χ0) is 17.0. The predicted molar refractivity (Wildman–Crippen MR) is 118 cm³/mol. The van der Waals surface area contributed by atoms with Crippen LogP contribution in [0.3, 0.4) is 0 Å². The third-order valence-electron chi connectivity index (χ3n) is 5.56. The number of aromatic nitrogens is 1. The van der Waals surface area contributed by atoms with Crippen LogP contribution < -0.4 is 0 Å². The fourth-order valence-corrected chi connectivity index (χ4v) is 6.16. The Balaban J connectivity index is 1.63. The number of halogens is 1. The van der Waals surface area contributed by atoms with Gasteiger partial charge in [0.25, 0.3) is 0 Å². The van der Waals surface area contributed by atoms with Crippen LogP contribution in [-0.2, 0) is 0 Å². The second-order valence-corrected chi connectivity index (χ2v) is 8.59. The average Bonchev–Trinajstić information content (AvgIpc) is 3.39. The van der Waals surface area contributed by atoms with Gasteiger partial charge in [-0.25, -0.2) is 0 Å². The summed E-state index contributed by atoms with van der Waals surface area (Å²) < 4.78 is 2.45. The highest BCUT2D eigenvalue weighted by molar-refractivity contribution is 14.2. The van der Waals surface area contributed by atoms with Crippen molar-refractivity contribution in [1.82, 2.24) is 3.97 Å². The number of para-hydroxylation sites is 1. The van der Waals surface area contributed by atoms with E-state index < -0.39 is 0 Å². The summed E-state index contributed by atoms with van der Waals surface area (Å²) in [7, 11) is 1.80. The Kier molecular flexibility index (Phi) is 3.82. The zero-order valence-corrected chi connectivity index (χ0v) is 16.9. The largest absolute Gasteiger partial charge is 0.279 e. The van der Waals surface area contributed by atoms with Crippen LogP contribution in [0.5, 0.6) is 0 Å². The zero-order valence-electron chi connectivity index (χ0n) is 13.9. The Hall–Kier alpha value is -1.46. The molecule has 0 amide bonds. The summed E-state index contributed by atoms with van der Waals surface area (Å²) in [6.45, 7) is 2.29. The predicted octanol–water partition coefficient (Wildman–Crippen LogP) is 7.22. The lowest BCUT2D eigenvalue weighted by molar-refractivity contribution is 0.963. The van der Waals surface area contributed by atoms with E-state index in [0.29, 0.717) is 11.8 Å². The first-order valence-electron chi connectivity index (χ1n) is 8.66. The van der Waals surface area contributed by atoms with E-state index in [9.17, 15) is 0 Å². The van der Waals surface area contributed by atoms with Gasteiger partial charge < -0.3 is 0 Å². The fourth-order valence-electron chi connectivity index (χ4n) is 4.31. The van der Waals surface area contributed by atoms with Crippen molar-refractivity contribution in [2.24, 2.45) is 0 Å². The lowest BCUT2D eigenvalue weighted by atomic mass is 9.99. The molecule has 5 rings (SSSR count). The van der Waals surface area contributed by atoms with Crippen molar-refractivity contribution in [2.75, 3.05) is 0 Å². The molecule has 3 heteroatoms. The first-order chi connectivity index (χ1) is 12.3. The molecule has 0 bridgehead atoms. The summed E-state index contributed by atoms with van der Waals surface area (Å²) in [6, 6.07) is 24.3. The van der Waals surface area contributed by atoms with Gasteiger partial charge in [0.05, 0.1) is 5.52 Å². The SMILES string of the molecule is Cc1c([C@H]2C[C@H]2c2cccc3ccccc23)n(SI)c2ccccc12. The summed E-state index contributed by atoms with van der Waals surface area (Å²) >= 11 is 2.42. The smallest absolute Gasteiger partial charge is 0.0604 e. The Labute approximate surface area is 164 Å². The van der Waals surface area contributed by atoms with Gasteiger partial charge in [-0.15, -0.1) is 0 Å². The van der Waals surface area contributed by atoms with Crippen molar-refractivity contribution >= 4 is 52.0 Å². The van der Waals surface area contributed by atoms with Gasteiger partial charge in [0.2, 0.25) is 0 Å². The molecule has 0 unspecified atom stereocenters. The Morgan fingerprint density at radius 2 is 1.60 bits per heavy atom. The minimum Gasteiger partial charge on any atom is -0.279 e. The van der Waals surface area contributed by atoms with Gasteiger partial charge in [0, 0.05) is 47.3 Å². The second kappa shape index (κ2) is 6.06. The van der Waals surface area contributed by atoms with Crippen molar-refractivity contribution in [1.29, 1.82) is 0 Å². The molecule has 0 spiro atoms. The average molecular weight is 455 g/mol. The monoisotopic (exact) mass is 455 g/mol. The topological polar surface area (TPSA) is 4.93 Å². The quantitative estimate of drug-likeness (QED) is 0.295. The van der Waals surface area contributed by atoms with Crippen LogP contribution >= 0.6 is 30.3 Å². The Morgan fingerprint density at radius 3 is 2.44 bits per heavy atom. The van der Waals surface area contributed by atoms with E-state index in [-0.39, 0.29) is 0 Å². The van der Waals surface area contributed by atoms with Crippen molar-refractivity contribution in [2.45, 2.75) is 25.2 Å². The standard InChI is InChI=1S/C22H18INS/c1-14-16-9-4-5-12-21(16)24(25-23)22(14)20-13-19(20)18-11-6-8-15-7-2-3-10-17(15)18/h2-12,19-20H,13H2,1H3/t19-,20-/m0/s1. The molecule has 1 fully saturated rings. The summed E-state index contributed by atoms with van der Waals surface area (Å²) in [5, 5.41) is 4.16. The highest BCUT2D eigenvalue weighted by Gasteiger charge is 2.43. The maximum atomic E-state index is 2.45. The summed E-state index contributed by atoms with van der Waals surface area (Å²) in [6.07, 6.45) is 1.25. The molecule has 1 nitrogen and oxygen atoms in total. The second-order valence-electron chi connectivity index (χ2n) is 6.91. The molecule has 1 heterocycles. The molecule has 0 aliphatic heterocycles. The molecule has 1 aliphatic carbocycles. The van der Waals surface area contributed by atoms with Gasteiger partial charge >= 0.3 is 0 Å². The molecule has 1 aromatic heterocycles. The van der Waals surface area contributed by atoms with Gasteiger partial charge in [-0.05, 0) is 47.2 Å². The molecule has 3 aromatic carbocycles. The highest BCUT2D eigenvalue weighted by Crippen LogP contribution is 2.58. The number of rotatable bonds is 3. The Morgan fingerprint density at radius 1 is 0.880 bits per heavy atom. The van der Waals surface area contributed by atoms with Gasteiger partial charge in [0.1, 0.15) is 0 Å². The molecule has 2 atom stereocenters. The summed E-state index contributed by atoms with van der Waals surface area (Å²) in [5.74, 6) is 1.26. The molecular weight excluding hydrogens is 437 g/mol. The third-order valence-corrected chi connectivity index (χ3v) is 7.28. The van der Waals surface area contributed by atoms with E-state index in [4.69, 9.17) is 0 Å². The summed E-state index contributed by atoms with van der Waals surface area (Å²) in [5.41, 5.74) is 5.82. The van der Waals surface area contributed by atoms with Crippen LogP contribution in [0.1, 0.15) is 35.1 Å². The van der Waals surface area contributed by atoms with Crippen LogP contribution in [0.25, 0.3) is 21.7 Å². The molecule has 0 saturated heterocycles. The van der Waals surface area contributed by atoms with Gasteiger partial charge in [-0.1, -0.05) is 60.7 Å². The number of hydrogen-bond acceptors (Lipinski definition) is 1. The van der Waals surface area contributed by atoms with Gasteiger partial charge in [-0.3, -0.25) is 3.97 Å². The molecule has 0 N–H and O–H groups in total. The Bertz CT molecular complexity index is 1090. The van der Waals surface area contributed by atoms with Crippen LogP contribution in [0.15, 0.2) is 66.7 Å². The van der Waals surface area contributed by atoms with E-state index in [1.165, 1.54) is 44.9 Å². The summed E-state index contributed by atoms with van der Waals surface area (Å²) in [4.78, 5) is 0. The number of hydrogen-bond donors (Lipinski definition) is 0. The molecular formula is C22H18INS. The van der Waals surface area contributed by atoms with Crippen LogP contribution in [0.2, 0.25) is 0 Å². The number of aryl methyl sites for hydroxylation is 1. The molecule has 1 aliphatic rings. The van der Waals surface area contributed by atoms with Gasteiger partial charge in [0.15, 0.2) is 0 Å². The van der Waals surface area contributed by atoms with Crippen molar-refractivity contribution in [3.63, 3.8) is 0 Å². The molecule has 0 radical (unpaired) electrons. The van der Waals surface area contributed by atoms with Crippen molar-refractivity contribution < 1.29 is 0 Å². The van der Waals surface area contributed by atoms with E-state index >= 15 is 0 Å². The van der Waals surface area contributed by atoms with Crippen LogP contribution in [0, 0.1) is 6.92 Å². The lowest BCUT2D eigenvalue weighted by Gasteiger charge is -2.09. The first kappa shape index (κ1) is 15.8. The molecule has 124 valence electrons. The fraction of sp³-hybridized carbons (Fsp3) is 0.182. The van der Waals surface area contributed by atoms with E-state index in [1.54, 1.807) is 9.12 Å². The maximum Gasteiger partial charge on any atom is 0.0604 e. The minimum absolute atomic E-state index is 0.625. The molecule has 4 aromatic rings. The number of nitrogens with zero attached hydrogens (tertiary/aromatic N) is 1. The van der Waals surface area contributed by atoms with E-state index in [1.807, 2.05) is 0 Å². The van der Waals surface area contributed by atoms with E-state index in [2.05, 4.69) is 98.8 Å². The van der Waals surface area contributed by atoms with Crippen LogP contribution in [0.4, 0.5) is 0 Å². The lowest BCUT2D eigenvalue weighted by Crippen LogP contribution is -1.94. The number of fused-ring (bicyclic) bond motifs is 2. The van der Waals surface area contributed by atoms with E-state index in [0.717, 1.165) is 0 Å². The minimum atomic E-state index is 0.625. The first-order valence-corrected chi connectivity index (χ1v) is 12.0. The molecule has 1 saturated carbocycles. The third kappa shape index (κ3) is 2.43. The van der Waals surface area contributed by atoms with Crippen molar-refractivity contribution in [3.8, 4) is 0 Å². The van der Waals surface area contributed by atoms with Gasteiger partial charge in [-0.2, -0.15) is 0 Å². The number of benzene rings is 3.